The molecule has 0 aliphatic rings. The van der Waals surface area contributed by atoms with E-state index in [2.05, 4.69) is 15.3 Å². The van der Waals surface area contributed by atoms with Crippen LogP contribution in [0.25, 0.3) is 0 Å². The van der Waals surface area contributed by atoms with Crippen LogP contribution in [-0.2, 0) is 0 Å². The molecule has 6 heteroatoms. The molecule has 0 saturated heterocycles. The van der Waals surface area contributed by atoms with E-state index in [4.69, 9.17) is 16.3 Å². The second kappa shape index (κ2) is 5.46. The minimum absolute atomic E-state index is 0.204. The lowest BCUT2D eigenvalue weighted by Crippen LogP contribution is -2.01. The number of nitrogens with zero attached hydrogens (tertiary/aromatic N) is 2. The minimum atomic E-state index is 0.204. The number of methoxy groups -OCH3 is 1. The number of hydrogen-bond donors (Lipinski definition) is 1. The molecule has 1 heterocycles. The van der Waals surface area contributed by atoms with Crippen LogP contribution >= 0.6 is 11.6 Å². The zero-order chi connectivity index (χ0) is 13.0. The summed E-state index contributed by atoms with van der Waals surface area (Å²) in [6.07, 6.45) is 1.94. The number of rotatable bonds is 4. The molecule has 18 heavy (non-hydrogen) atoms. The molecule has 0 aliphatic carbocycles. The number of aldehydes is 1. The highest BCUT2D eigenvalue weighted by Gasteiger charge is 2.06. The van der Waals surface area contributed by atoms with Crippen molar-refractivity contribution >= 4 is 29.4 Å². The first kappa shape index (κ1) is 12.3. The standard InChI is InChI=1S/C12H10ClN3O2/c1-18-9-4-2-8(3-5-9)15-12-10(7-17)14-6-11(13)16-12/h2-7H,1H3,(H,15,16). The number of halogens is 1. The van der Waals surface area contributed by atoms with E-state index in [1.165, 1.54) is 6.20 Å². The topological polar surface area (TPSA) is 64.1 Å². The van der Waals surface area contributed by atoms with Gasteiger partial charge in [0.2, 0.25) is 0 Å². The van der Waals surface area contributed by atoms with E-state index in [9.17, 15) is 4.79 Å². The monoisotopic (exact) mass is 263 g/mol. The Kier molecular flexibility index (Phi) is 3.74. The fourth-order valence-electron chi connectivity index (χ4n) is 1.37. The van der Waals surface area contributed by atoms with E-state index < -0.39 is 0 Å². The Bertz CT molecular complexity index is 558. The van der Waals surface area contributed by atoms with Crippen LogP contribution < -0.4 is 10.1 Å². The Morgan fingerprint density at radius 2 is 2.06 bits per heavy atom. The summed E-state index contributed by atoms with van der Waals surface area (Å²) in [6, 6.07) is 7.19. The average molecular weight is 264 g/mol. The molecule has 1 aromatic heterocycles. The van der Waals surface area contributed by atoms with E-state index in [1.807, 2.05) is 0 Å². The van der Waals surface area contributed by atoms with E-state index >= 15 is 0 Å². The summed E-state index contributed by atoms with van der Waals surface area (Å²) in [6.45, 7) is 0. The second-order valence-corrected chi connectivity index (χ2v) is 3.79. The SMILES string of the molecule is COc1ccc(Nc2nc(Cl)cnc2C=O)cc1. The maximum absolute atomic E-state index is 10.8. The molecule has 0 radical (unpaired) electrons. The first-order valence-electron chi connectivity index (χ1n) is 5.11. The van der Waals surface area contributed by atoms with Crippen molar-refractivity contribution in [1.82, 2.24) is 9.97 Å². The summed E-state index contributed by atoms with van der Waals surface area (Å²) in [5, 5.41) is 3.19. The molecule has 2 rings (SSSR count). The molecular weight excluding hydrogens is 254 g/mol. The van der Waals surface area contributed by atoms with Gasteiger partial charge in [-0.05, 0) is 24.3 Å². The van der Waals surface area contributed by atoms with Crippen molar-refractivity contribution < 1.29 is 9.53 Å². The van der Waals surface area contributed by atoms with Gasteiger partial charge in [-0.25, -0.2) is 9.97 Å². The zero-order valence-electron chi connectivity index (χ0n) is 9.55. The van der Waals surface area contributed by atoms with Gasteiger partial charge in [0.05, 0.1) is 13.3 Å². The van der Waals surface area contributed by atoms with Crippen LogP contribution in [0.3, 0.4) is 0 Å². The van der Waals surface area contributed by atoms with Gasteiger partial charge in [-0.2, -0.15) is 0 Å². The van der Waals surface area contributed by atoms with Gasteiger partial charge in [0, 0.05) is 5.69 Å². The van der Waals surface area contributed by atoms with Gasteiger partial charge in [0.15, 0.2) is 12.1 Å². The number of benzene rings is 1. The molecule has 0 bridgehead atoms. The van der Waals surface area contributed by atoms with E-state index in [0.29, 0.717) is 12.1 Å². The number of anilines is 2. The highest BCUT2D eigenvalue weighted by atomic mass is 35.5. The minimum Gasteiger partial charge on any atom is -0.497 e. The highest BCUT2D eigenvalue weighted by molar-refractivity contribution is 6.29. The maximum atomic E-state index is 10.8. The third-order valence-corrected chi connectivity index (χ3v) is 2.42. The van der Waals surface area contributed by atoms with E-state index in [0.717, 1.165) is 11.4 Å². The Morgan fingerprint density at radius 1 is 1.33 bits per heavy atom. The molecule has 1 N–H and O–H groups in total. The molecule has 1 aromatic carbocycles. The van der Waals surface area contributed by atoms with Gasteiger partial charge < -0.3 is 10.1 Å². The summed E-state index contributed by atoms with van der Waals surface area (Å²) in [5.41, 5.74) is 0.964. The zero-order valence-corrected chi connectivity index (χ0v) is 10.3. The third-order valence-electron chi connectivity index (χ3n) is 2.24. The highest BCUT2D eigenvalue weighted by Crippen LogP contribution is 2.20. The van der Waals surface area contributed by atoms with Crippen molar-refractivity contribution in [3.63, 3.8) is 0 Å². The van der Waals surface area contributed by atoms with Crippen molar-refractivity contribution in [3.05, 3.63) is 41.3 Å². The molecule has 0 fully saturated rings. The van der Waals surface area contributed by atoms with Crippen molar-refractivity contribution in [2.24, 2.45) is 0 Å². The number of carbonyl (C=O) groups is 1. The molecule has 0 atom stereocenters. The van der Waals surface area contributed by atoms with Crippen molar-refractivity contribution in [2.75, 3.05) is 12.4 Å². The fraction of sp³-hybridized carbons (Fsp3) is 0.0833. The molecule has 0 saturated carbocycles. The van der Waals surface area contributed by atoms with Crippen molar-refractivity contribution in [3.8, 4) is 5.75 Å². The summed E-state index contributed by atoms with van der Waals surface area (Å²) in [4.78, 5) is 18.7. The van der Waals surface area contributed by atoms with Crippen LogP contribution in [0.4, 0.5) is 11.5 Å². The van der Waals surface area contributed by atoms with Crippen molar-refractivity contribution in [2.45, 2.75) is 0 Å². The summed E-state index contributed by atoms with van der Waals surface area (Å²) in [5.74, 6) is 1.07. The quantitative estimate of drug-likeness (QED) is 0.859. The van der Waals surface area contributed by atoms with Crippen LogP contribution in [0.5, 0.6) is 5.75 Å². The molecule has 0 aliphatic heterocycles. The molecule has 92 valence electrons. The number of aromatic nitrogens is 2. The van der Waals surface area contributed by atoms with Gasteiger partial charge in [0.25, 0.3) is 0 Å². The number of nitrogens with one attached hydrogen (secondary N) is 1. The van der Waals surface area contributed by atoms with Gasteiger partial charge >= 0.3 is 0 Å². The van der Waals surface area contributed by atoms with Crippen LogP contribution in [0.1, 0.15) is 10.5 Å². The predicted octanol–water partition coefficient (Wildman–Crippen LogP) is 2.69. The Hall–Kier alpha value is -2.14. The third kappa shape index (κ3) is 2.75. The predicted molar refractivity (Wildman–Crippen MR) is 68.7 cm³/mol. The lowest BCUT2D eigenvalue weighted by molar-refractivity contribution is 0.111. The first-order valence-corrected chi connectivity index (χ1v) is 5.49. The van der Waals surface area contributed by atoms with Gasteiger partial charge in [-0.1, -0.05) is 11.6 Å². The summed E-state index contributed by atoms with van der Waals surface area (Å²) >= 11 is 5.74. The second-order valence-electron chi connectivity index (χ2n) is 3.40. The fourth-order valence-corrected chi connectivity index (χ4v) is 1.50. The molecule has 5 nitrogen and oxygen atoms in total. The lowest BCUT2D eigenvalue weighted by Gasteiger charge is -2.08. The number of hydrogen-bond acceptors (Lipinski definition) is 5. The largest absolute Gasteiger partial charge is 0.497 e. The maximum Gasteiger partial charge on any atom is 0.172 e. The molecule has 0 amide bonds. The van der Waals surface area contributed by atoms with Crippen LogP contribution in [0.15, 0.2) is 30.5 Å². The molecule has 2 aromatic rings. The number of carbonyl (C=O) groups excluding carboxylic acids is 1. The molecule has 0 spiro atoms. The van der Waals surface area contributed by atoms with Crippen LogP contribution in [0, 0.1) is 0 Å². The molecular formula is C12H10ClN3O2. The normalized spacial score (nSPS) is 9.89. The first-order chi connectivity index (χ1) is 8.72. The van der Waals surface area contributed by atoms with Gasteiger partial charge in [-0.15, -0.1) is 0 Å². The van der Waals surface area contributed by atoms with Crippen LogP contribution in [0.2, 0.25) is 5.15 Å². The average Bonchev–Trinajstić information content (AvgIpc) is 2.40. The van der Waals surface area contributed by atoms with Gasteiger partial charge in [0.1, 0.15) is 16.6 Å². The summed E-state index contributed by atoms with van der Waals surface area (Å²) in [7, 11) is 1.59. The Labute approximate surface area is 109 Å². The molecule has 0 unspecified atom stereocenters. The smallest absolute Gasteiger partial charge is 0.172 e. The Morgan fingerprint density at radius 3 is 2.67 bits per heavy atom. The Balaban J connectivity index is 2.27. The van der Waals surface area contributed by atoms with Crippen molar-refractivity contribution in [1.29, 1.82) is 0 Å². The van der Waals surface area contributed by atoms with Crippen LogP contribution in [-0.4, -0.2) is 23.4 Å². The lowest BCUT2D eigenvalue weighted by atomic mass is 10.3. The number of ether oxygens (including phenoxy) is 1. The van der Waals surface area contributed by atoms with Gasteiger partial charge in [-0.3, -0.25) is 4.79 Å². The van der Waals surface area contributed by atoms with E-state index in [1.54, 1.807) is 31.4 Å². The van der Waals surface area contributed by atoms with E-state index in [-0.39, 0.29) is 10.8 Å². The summed E-state index contributed by atoms with van der Waals surface area (Å²) < 4.78 is 5.05.